The van der Waals surface area contributed by atoms with Crippen molar-refractivity contribution in [3.63, 3.8) is 0 Å². The summed E-state index contributed by atoms with van der Waals surface area (Å²) in [5, 5.41) is 2.84. The van der Waals surface area contributed by atoms with Crippen molar-refractivity contribution >= 4 is 29.4 Å². The minimum atomic E-state index is -0.166. The summed E-state index contributed by atoms with van der Waals surface area (Å²) in [6.07, 6.45) is 5.29. The van der Waals surface area contributed by atoms with Crippen LogP contribution >= 0.6 is 11.8 Å². The van der Waals surface area contributed by atoms with Gasteiger partial charge in [-0.1, -0.05) is 11.6 Å². The van der Waals surface area contributed by atoms with Crippen LogP contribution in [0.4, 0.5) is 5.69 Å². The van der Waals surface area contributed by atoms with Crippen LogP contribution in [0.3, 0.4) is 0 Å². The molecule has 0 heterocycles. The molecule has 0 radical (unpaired) electrons. The molecule has 0 spiro atoms. The van der Waals surface area contributed by atoms with Gasteiger partial charge in [-0.15, -0.1) is 11.8 Å². The number of benzene rings is 2. The fourth-order valence-electron chi connectivity index (χ4n) is 2.01. The SMILES string of the molecule is COc1ccc(C)cc1/C=C/C(=O)Nc1ccc(SC)cc1. The average molecular weight is 313 g/mol. The first-order valence-electron chi connectivity index (χ1n) is 6.90. The molecule has 0 aliphatic heterocycles. The highest BCUT2D eigenvalue weighted by atomic mass is 32.2. The number of carbonyl (C=O) groups excluding carboxylic acids is 1. The molecule has 0 saturated carbocycles. The Labute approximate surface area is 135 Å². The van der Waals surface area contributed by atoms with Gasteiger partial charge in [-0.2, -0.15) is 0 Å². The first kappa shape index (κ1) is 16.2. The van der Waals surface area contributed by atoms with Crippen LogP contribution in [0, 0.1) is 6.92 Å². The highest BCUT2D eigenvalue weighted by Crippen LogP contribution is 2.21. The number of ether oxygens (including phenoxy) is 1. The Hall–Kier alpha value is -2.20. The molecule has 114 valence electrons. The van der Waals surface area contributed by atoms with Crippen LogP contribution < -0.4 is 10.1 Å². The van der Waals surface area contributed by atoms with Gasteiger partial charge in [-0.25, -0.2) is 0 Å². The van der Waals surface area contributed by atoms with Crippen LogP contribution in [0.5, 0.6) is 5.75 Å². The number of methoxy groups -OCH3 is 1. The number of aryl methyl sites for hydroxylation is 1. The summed E-state index contributed by atoms with van der Waals surface area (Å²) >= 11 is 1.67. The normalized spacial score (nSPS) is 10.7. The lowest BCUT2D eigenvalue weighted by atomic mass is 10.1. The molecule has 0 aliphatic rings. The number of hydrogen-bond acceptors (Lipinski definition) is 3. The van der Waals surface area contributed by atoms with E-state index in [1.807, 2.05) is 55.6 Å². The van der Waals surface area contributed by atoms with Gasteiger partial charge in [0, 0.05) is 22.2 Å². The molecule has 1 amide bonds. The first-order valence-corrected chi connectivity index (χ1v) is 8.12. The number of carbonyl (C=O) groups is 1. The van der Waals surface area contributed by atoms with Crippen molar-refractivity contribution in [1.82, 2.24) is 0 Å². The fourth-order valence-corrected chi connectivity index (χ4v) is 2.42. The van der Waals surface area contributed by atoms with Crippen LogP contribution in [0.2, 0.25) is 0 Å². The Bertz CT molecular complexity index is 678. The lowest BCUT2D eigenvalue weighted by Gasteiger charge is -2.06. The molecular weight excluding hydrogens is 294 g/mol. The molecule has 3 nitrogen and oxygen atoms in total. The molecule has 4 heteroatoms. The summed E-state index contributed by atoms with van der Waals surface area (Å²) in [6.45, 7) is 2.00. The number of rotatable bonds is 5. The minimum Gasteiger partial charge on any atom is -0.496 e. The Kier molecular flexibility index (Phi) is 5.67. The van der Waals surface area contributed by atoms with Crippen molar-refractivity contribution in [2.75, 3.05) is 18.7 Å². The highest BCUT2D eigenvalue weighted by Gasteiger charge is 2.02. The molecule has 0 atom stereocenters. The summed E-state index contributed by atoms with van der Waals surface area (Å²) in [5.41, 5.74) is 2.78. The standard InChI is InChI=1S/C18H19NO2S/c1-13-4-10-17(21-2)14(12-13)5-11-18(20)19-15-6-8-16(22-3)9-7-15/h4-12H,1-3H3,(H,19,20)/b11-5+. The maximum atomic E-state index is 12.0. The van der Waals surface area contributed by atoms with Crippen molar-refractivity contribution in [2.45, 2.75) is 11.8 Å². The number of hydrogen-bond donors (Lipinski definition) is 1. The molecule has 2 aromatic carbocycles. The van der Waals surface area contributed by atoms with E-state index in [0.29, 0.717) is 0 Å². The number of thioether (sulfide) groups is 1. The van der Waals surface area contributed by atoms with Gasteiger partial charge < -0.3 is 10.1 Å². The summed E-state index contributed by atoms with van der Waals surface area (Å²) < 4.78 is 5.29. The zero-order chi connectivity index (χ0) is 15.9. The van der Waals surface area contributed by atoms with Crippen LogP contribution in [0.1, 0.15) is 11.1 Å². The monoisotopic (exact) mass is 313 g/mol. The lowest BCUT2D eigenvalue weighted by molar-refractivity contribution is -0.111. The molecule has 0 unspecified atom stereocenters. The summed E-state index contributed by atoms with van der Waals surface area (Å²) in [4.78, 5) is 13.1. The van der Waals surface area contributed by atoms with Gasteiger partial charge in [0.1, 0.15) is 5.75 Å². The van der Waals surface area contributed by atoms with Crippen LogP contribution in [0.15, 0.2) is 53.4 Å². The van der Waals surface area contributed by atoms with Crippen LogP contribution in [-0.4, -0.2) is 19.3 Å². The van der Waals surface area contributed by atoms with Crippen molar-refractivity contribution in [1.29, 1.82) is 0 Å². The predicted octanol–water partition coefficient (Wildman–Crippen LogP) is 4.38. The minimum absolute atomic E-state index is 0.166. The number of amides is 1. The van der Waals surface area contributed by atoms with E-state index in [1.165, 1.54) is 6.08 Å². The van der Waals surface area contributed by atoms with Crippen molar-refractivity contribution < 1.29 is 9.53 Å². The summed E-state index contributed by atoms with van der Waals surface area (Å²) in [5.74, 6) is 0.583. The third-order valence-corrected chi connectivity index (χ3v) is 3.90. The molecule has 0 aliphatic carbocycles. The molecule has 22 heavy (non-hydrogen) atoms. The second-order valence-corrected chi connectivity index (χ2v) is 5.68. The van der Waals surface area contributed by atoms with Crippen molar-refractivity contribution in [3.8, 4) is 5.75 Å². The topological polar surface area (TPSA) is 38.3 Å². The van der Waals surface area contributed by atoms with Gasteiger partial charge in [0.05, 0.1) is 7.11 Å². The van der Waals surface area contributed by atoms with E-state index in [0.717, 1.165) is 27.5 Å². The van der Waals surface area contributed by atoms with E-state index < -0.39 is 0 Å². The largest absolute Gasteiger partial charge is 0.496 e. The third-order valence-electron chi connectivity index (χ3n) is 3.16. The third kappa shape index (κ3) is 4.40. The fraction of sp³-hybridized carbons (Fsp3) is 0.167. The van der Waals surface area contributed by atoms with Gasteiger partial charge in [0.2, 0.25) is 5.91 Å². The smallest absolute Gasteiger partial charge is 0.248 e. The van der Waals surface area contributed by atoms with Gasteiger partial charge in [0.25, 0.3) is 0 Å². The zero-order valence-electron chi connectivity index (χ0n) is 12.9. The Balaban J connectivity index is 2.06. The maximum Gasteiger partial charge on any atom is 0.248 e. The van der Waals surface area contributed by atoms with E-state index in [2.05, 4.69) is 5.32 Å². The van der Waals surface area contributed by atoms with Crippen molar-refractivity contribution in [3.05, 3.63) is 59.7 Å². The van der Waals surface area contributed by atoms with E-state index in [9.17, 15) is 4.79 Å². The molecule has 2 rings (SSSR count). The van der Waals surface area contributed by atoms with E-state index in [-0.39, 0.29) is 5.91 Å². The van der Waals surface area contributed by atoms with E-state index in [1.54, 1.807) is 24.9 Å². The van der Waals surface area contributed by atoms with Crippen molar-refractivity contribution in [2.24, 2.45) is 0 Å². The van der Waals surface area contributed by atoms with E-state index >= 15 is 0 Å². The Morgan fingerprint density at radius 2 is 1.91 bits per heavy atom. The Morgan fingerprint density at radius 3 is 2.55 bits per heavy atom. The highest BCUT2D eigenvalue weighted by molar-refractivity contribution is 7.98. The molecule has 0 saturated heterocycles. The summed E-state index contributed by atoms with van der Waals surface area (Å²) in [6, 6.07) is 13.6. The zero-order valence-corrected chi connectivity index (χ0v) is 13.7. The molecule has 0 bridgehead atoms. The van der Waals surface area contributed by atoms with Gasteiger partial charge >= 0.3 is 0 Å². The average Bonchev–Trinajstić information content (AvgIpc) is 2.54. The molecule has 0 aromatic heterocycles. The number of anilines is 1. The van der Waals surface area contributed by atoms with Gasteiger partial charge in [0.15, 0.2) is 0 Å². The van der Waals surface area contributed by atoms with E-state index in [4.69, 9.17) is 4.74 Å². The predicted molar refractivity (Wildman–Crippen MR) is 93.6 cm³/mol. The van der Waals surface area contributed by atoms with Gasteiger partial charge in [-0.3, -0.25) is 4.79 Å². The quantitative estimate of drug-likeness (QED) is 0.657. The second-order valence-electron chi connectivity index (χ2n) is 4.80. The second kappa shape index (κ2) is 7.71. The molecule has 2 aromatic rings. The lowest BCUT2D eigenvalue weighted by Crippen LogP contribution is -2.07. The van der Waals surface area contributed by atoms with Crippen LogP contribution in [0.25, 0.3) is 6.08 Å². The molecule has 0 fully saturated rings. The Morgan fingerprint density at radius 1 is 1.18 bits per heavy atom. The molecule has 1 N–H and O–H groups in total. The maximum absolute atomic E-state index is 12.0. The first-order chi connectivity index (χ1) is 10.6. The summed E-state index contributed by atoms with van der Waals surface area (Å²) in [7, 11) is 1.62. The molecular formula is C18H19NO2S. The number of nitrogens with one attached hydrogen (secondary N) is 1. The van der Waals surface area contributed by atoms with Crippen LogP contribution in [-0.2, 0) is 4.79 Å². The van der Waals surface area contributed by atoms with Gasteiger partial charge in [-0.05, 0) is 55.7 Å².